The smallest absolute Gasteiger partial charge is 0.288 e. The van der Waals surface area contributed by atoms with Crippen molar-refractivity contribution in [1.29, 1.82) is 5.26 Å². The van der Waals surface area contributed by atoms with Gasteiger partial charge in [-0.05, 0) is 24.1 Å². The van der Waals surface area contributed by atoms with Crippen LogP contribution in [0.1, 0.15) is 18.1 Å². The summed E-state index contributed by atoms with van der Waals surface area (Å²) in [5.74, 6) is -0.318. The molecule has 1 unspecified atom stereocenters. The summed E-state index contributed by atoms with van der Waals surface area (Å²) in [4.78, 5) is 18.0. The van der Waals surface area contributed by atoms with Crippen LogP contribution in [0.4, 0.5) is 0 Å². The lowest BCUT2D eigenvalue weighted by atomic mass is 9.81. The molecule has 1 amide bonds. The maximum atomic E-state index is 12.0. The van der Waals surface area contributed by atoms with Crippen molar-refractivity contribution in [2.45, 2.75) is 12.5 Å². The van der Waals surface area contributed by atoms with Crippen molar-refractivity contribution in [1.82, 2.24) is 4.90 Å². The third-order valence-corrected chi connectivity index (χ3v) is 4.29. The first-order valence-corrected chi connectivity index (χ1v) is 7.66. The van der Waals surface area contributed by atoms with Crippen LogP contribution in [-0.2, 0) is 10.3 Å². The van der Waals surface area contributed by atoms with Gasteiger partial charge < -0.3 is 10.6 Å². The number of nitriles is 1. The fourth-order valence-electron chi connectivity index (χ4n) is 3.30. The predicted molar refractivity (Wildman–Crippen MR) is 93.2 cm³/mol. The Labute approximate surface area is 141 Å². The third kappa shape index (κ3) is 2.52. The molecule has 120 valence electrons. The summed E-state index contributed by atoms with van der Waals surface area (Å²) >= 11 is 0. The summed E-state index contributed by atoms with van der Waals surface area (Å²) < 4.78 is 0. The van der Waals surface area contributed by atoms with Crippen molar-refractivity contribution in [3.05, 3.63) is 59.7 Å². The molecule has 2 aromatic carbocycles. The number of likely N-dealkylation sites (N-methyl/N-ethyl adjacent to an activating group) is 1. The monoisotopic (exact) mass is 318 g/mol. The molecule has 5 heteroatoms. The van der Waals surface area contributed by atoms with Crippen LogP contribution in [0.25, 0.3) is 11.1 Å². The van der Waals surface area contributed by atoms with Gasteiger partial charge >= 0.3 is 0 Å². The highest BCUT2D eigenvalue weighted by Gasteiger charge is 2.38. The van der Waals surface area contributed by atoms with Crippen LogP contribution in [0.3, 0.4) is 0 Å². The SMILES string of the molecule is CN1CC(C)(c2c(C#N)cccc2-c2ccccc2)N=C(N)C1=O. The Morgan fingerprint density at radius 1 is 1.21 bits per heavy atom. The first-order valence-electron chi connectivity index (χ1n) is 7.66. The highest BCUT2D eigenvalue weighted by atomic mass is 16.2. The van der Waals surface area contributed by atoms with Gasteiger partial charge in [-0.1, -0.05) is 42.5 Å². The molecular formula is C19H18N4O. The Morgan fingerprint density at radius 2 is 1.92 bits per heavy atom. The van der Waals surface area contributed by atoms with Gasteiger partial charge in [-0.3, -0.25) is 9.79 Å². The number of nitrogens with zero attached hydrogens (tertiary/aromatic N) is 3. The number of aliphatic imine (C=N–C) groups is 1. The minimum absolute atomic E-state index is 0.0296. The molecule has 3 rings (SSSR count). The van der Waals surface area contributed by atoms with E-state index in [-0.39, 0.29) is 11.7 Å². The summed E-state index contributed by atoms with van der Waals surface area (Å²) in [6, 6.07) is 17.7. The lowest BCUT2D eigenvalue weighted by Gasteiger charge is -2.37. The molecular weight excluding hydrogens is 300 g/mol. The number of rotatable bonds is 2. The highest BCUT2D eigenvalue weighted by Crippen LogP contribution is 2.38. The van der Waals surface area contributed by atoms with E-state index in [9.17, 15) is 10.1 Å². The van der Waals surface area contributed by atoms with Crippen LogP contribution in [0.15, 0.2) is 53.5 Å². The van der Waals surface area contributed by atoms with Gasteiger partial charge in [0.25, 0.3) is 5.91 Å². The molecule has 1 aliphatic heterocycles. The van der Waals surface area contributed by atoms with Crippen molar-refractivity contribution >= 4 is 11.7 Å². The van der Waals surface area contributed by atoms with E-state index in [0.717, 1.165) is 16.7 Å². The molecule has 1 atom stereocenters. The molecule has 5 nitrogen and oxygen atoms in total. The number of carbonyl (C=O) groups excluding carboxylic acids is 1. The third-order valence-electron chi connectivity index (χ3n) is 4.29. The normalized spacial score (nSPS) is 20.5. The number of nitrogens with two attached hydrogens (primary N) is 1. The standard InChI is InChI=1S/C19H18N4O/c1-19(12-23(2)18(24)17(21)22-19)16-14(11-20)9-6-10-15(16)13-7-4-3-5-8-13/h3-10H,12H2,1-2H3,(H2,21,22). The van der Waals surface area contributed by atoms with Gasteiger partial charge in [0.05, 0.1) is 11.6 Å². The average Bonchev–Trinajstić information content (AvgIpc) is 2.59. The molecule has 0 aliphatic carbocycles. The molecule has 0 saturated heterocycles. The lowest BCUT2D eigenvalue weighted by Crippen LogP contribution is -2.50. The minimum Gasteiger partial charge on any atom is -0.379 e. The molecule has 1 aliphatic rings. The molecule has 0 radical (unpaired) electrons. The van der Waals surface area contributed by atoms with E-state index in [0.29, 0.717) is 12.1 Å². The number of hydrogen-bond acceptors (Lipinski definition) is 4. The summed E-state index contributed by atoms with van der Waals surface area (Å²) in [6.45, 7) is 2.27. The lowest BCUT2D eigenvalue weighted by molar-refractivity contribution is -0.124. The Balaban J connectivity index is 2.28. The van der Waals surface area contributed by atoms with Crippen molar-refractivity contribution in [2.24, 2.45) is 10.7 Å². The van der Waals surface area contributed by atoms with Gasteiger partial charge in [0.1, 0.15) is 5.54 Å². The molecule has 0 saturated carbocycles. The number of benzene rings is 2. The van der Waals surface area contributed by atoms with Crippen molar-refractivity contribution in [2.75, 3.05) is 13.6 Å². The quantitative estimate of drug-likeness (QED) is 0.922. The maximum Gasteiger partial charge on any atom is 0.288 e. The summed E-state index contributed by atoms with van der Waals surface area (Å²) in [5, 5.41) is 9.61. The second-order valence-electron chi connectivity index (χ2n) is 6.14. The highest BCUT2D eigenvalue weighted by molar-refractivity contribution is 6.37. The number of hydrogen-bond donors (Lipinski definition) is 1. The van der Waals surface area contributed by atoms with E-state index in [1.54, 1.807) is 18.0 Å². The summed E-state index contributed by atoms with van der Waals surface area (Å²) in [6.07, 6.45) is 0. The predicted octanol–water partition coefficient (Wildman–Crippen LogP) is 2.27. The van der Waals surface area contributed by atoms with Gasteiger partial charge in [0.15, 0.2) is 5.84 Å². The van der Waals surface area contributed by atoms with E-state index in [1.165, 1.54) is 0 Å². The van der Waals surface area contributed by atoms with Crippen molar-refractivity contribution in [3.8, 4) is 17.2 Å². The minimum atomic E-state index is -0.774. The number of amidine groups is 1. The second kappa shape index (κ2) is 5.82. The molecule has 2 N–H and O–H groups in total. The largest absolute Gasteiger partial charge is 0.379 e. The number of amides is 1. The molecule has 0 fully saturated rings. The molecule has 0 aromatic heterocycles. The van der Waals surface area contributed by atoms with Crippen LogP contribution in [-0.4, -0.2) is 30.2 Å². The molecule has 24 heavy (non-hydrogen) atoms. The molecule has 1 heterocycles. The Hall–Kier alpha value is -3.13. The zero-order valence-electron chi connectivity index (χ0n) is 13.7. The van der Waals surface area contributed by atoms with Gasteiger partial charge in [0.2, 0.25) is 0 Å². The zero-order valence-corrected chi connectivity index (χ0v) is 13.7. The zero-order chi connectivity index (χ0) is 17.3. The van der Waals surface area contributed by atoms with Crippen LogP contribution in [0.5, 0.6) is 0 Å². The molecule has 0 bridgehead atoms. The van der Waals surface area contributed by atoms with Crippen molar-refractivity contribution < 1.29 is 4.79 Å². The van der Waals surface area contributed by atoms with Crippen LogP contribution in [0, 0.1) is 11.3 Å². The number of carbonyl (C=O) groups is 1. The maximum absolute atomic E-state index is 12.0. The summed E-state index contributed by atoms with van der Waals surface area (Å²) in [5.41, 5.74) is 8.32. The van der Waals surface area contributed by atoms with E-state index in [4.69, 9.17) is 5.73 Å². The van der Waals surface area contributed by atoms with E-state index in [1.807, 2.05) is 49.4 Å². The Bertz CT molecular complexity index is 867. The molecule has 2 aromatic rings. The molecule has 0 spiro atoms. The van der Waals surface area contributed by atoms with Gasteiger partial charge in [0, 0.05) is 19.2 Å². The van der Waals surface area contributed by atoms with Gasteiger partial charge in [-0.2, -0.15) is 5.26 Å². The van der Waals surface area contributed by atoms with E-state index >= 15 is 0 Å². The van der Waals surface area contributed by atoms with Crippen LogP contribution >= 0.6 is 0 Å². The second-order valence-corrected chi connectivity index (χ2v) is 6.14. The van der Waals surface area contributed by atoms with Gasteiger partial charge in [-0.25, -0.2) is 0 Å². The average molecular weight is 318 g/mol. The fourth-order valence-corrected chi connectivity index (χ4v) is 3.30. The van der Waals surface area contributed by atoms with E-state index in [2.05, 4.69) is 11.1 Å². The topological polar surface area (TPSA) is 82.5 Å². The van der Waals surface area contributed by atoms with Crippen LogP contribution < -0.4 is 5.73 Å². The fraction of sp³-hybridized carbons (Fsp3) is 0.211. The first kappa shape index (κ1) is 15.8. The first-order chi connectivity index (χ1) is 11.5. The van der Waals surface area contributed by atoms with Crippen LogP contribution in [0.2, 0.25) is 0 Å². The van der Waals surface area contributed by atoms with Crippen molar-refractivity contribution in [3.63, 3.8) is 0 Å². The Morgan fingerprint density at radius 3 is 2.54 bits per heavy atom. The van der Waals surface area contributed by atoms with Gasteiger partial charge in [-0.15, -0.1) is 0 Å². The summed E-state index contributed by atoms with van der Waals surface area (Å²) in [7, 11) is 1.69. The van der Waals surface area contributed by atoms with E-state index < -0.39 is 5.54 Å². The Kier molecular flexibility index (Phi) is 3.82.